The van der Waals surface area contributed by atoms with Gasteiger partial charge in [0.2, 0.25) is 0 Å². The molecule has 4 N–H and O–H groups in total. The summed E-state index contributed by atoms with van der Waals surface area (Å²) in [6.45, 7) is 0. The Hall–Kier alpha value is -1.78. The van der Waals surface area contributed by atoms with E-state index in [1.807, 2.05) is 13.1 Å². The van der Waals surface area contributed by atoms with Crippen molar-refractivity contribution < 1.29 is 0 Å². The van der Waals surface area contributed by atoms with Crippen molar-refractivity contribution in [1.82, 2.24) is 15.0 Å². The van der Waals surface area contributed by atoms with Gasteiger partial charge in [0.1, 0.15) is 5.52 Å². The molecule has 0 saturated heterocycles. The summed E-state index contributed by atoms with van der Waals surface area (Å²) >= 11 is 0. The Labute approximate surface area is 69.0 Å². The maximum absolute atomic E-state index is 5.69. The summed E-state index contributed by atoms with van der Waals surface area (Å²) in [5, 5.41) is 7.72. The number of aryl methyl sites for hydroxylation is 1. The summed E-state index contributed by atoms with van der Waals surface area (Å²) in [5.74, 6) is 0. The number of rotatable bonds is 0. The first-order valence-electron chi connectivity index (χ1n) is 3.53. The second-order valence-electron chi connectivity index (χ2n) is 2.65. The van der Waals surface area contributed by atoms with Crippen LogP contribution in [0.1, 0.15) is 0 Å². The third-order valence-corrected chi connectivity index (χ3v) is 1.86. The minimum Gasteiger partial charge on any atom is -0.397 e. The zero-order valence-electron chi connectivity index (χ0n) is 6.65. The number of aromatic nitrogens is 3. The molecule has 0 radical (unpaired) electrons. The van der Waals surface area contributed by atoms with Crippen molar-refractivity contribution in [3.63, 3.8) is 0 Å². The van der Waals surface area contributed by atoms with Crippen molar-refractivity contribution >= 4 is 22.4 Å². The molecular formula is C7H9N5. The van der Waals surface area contributed by atoms with Gasteiger partial charge in [0.25, 0.3) is 0 Å². The fourth-order valence-electron chi connectivity index (χ4n) is 1.14. The molecule has 0 spiro atoms. The summed E-state index contributed by atoms with van der Waals surface area (Å²) in [5.41, 5.74) is 13.9. The van der Waals surface area contributed by atoms with E-state index >= 15 is 0 Å². The first-order valence-corrected chi connectivity index (χ1v) is 3.53. The van der Waals surface area contributed by atoms with Crippen molar-refractivity contribution in [1.29, 1.82) is 0 Å². The first kappa shape index (κ1) is 6.90. The molecule has 2 aromatic rings. The van der Waals surface area contributed by atoms with Crippen LogP contribution in [0.5, 0.6) is 0 Å². The van der Waals surface area contributed by atoms with E-state index < -0.39 is 0 Å². The van der Waals surface area contributed by atoms with Gasteiger partial charge in [-0.05, 0) is 12.1 Å². The lowest BCUT2D eigenvalue weighted by Gasteiger charge is -1.98. The molecule has 1 aromatic heterocycles. The largest absolute Gasteiger partial charge is 0.397 e. The second kappa shape index (κ2) is 2.10. The van der Waals surface area contributed by atoms with Crippen LogP contribution >= 0.6 is 0 Å². The highest BCUT2D eigenvalue weighted by molar-refractivity contribution is 5.93. The molecule has 0 aliphatic carbocycles. The molecule has 0 aliphatic heterocycles. The maximum atomic E-state index is 5.69. The summed E-state index contributed by atoms with van der Waals surface area (Å²) < 4.78 is 1.66. The molecule has 1 aromatic carbocycles. The molecule has 0 unspecified atom stereocenters. The van der Waals surface area contributed by atoms with Gasteiger partial charge in [0, 0.05) is 7.05 Å². The van der Waals surface area contributed by atoms with Gasteiger partial charge in [0.05, 0.1) is 16.9 Å². The van der Waals surface area contributed by atoms with Crippen LogP contribution in [0, 0.1) is 0 Å². The number of nitrogens with zero attached hydrogens (tertiary/aromatic N) is 3. The molecule has 5 nitrogen and oxygen atoms in total. The average molecular weight is 163 g/mol. The van der Waals surface area contributed by atoms with Crippen LogP contribution in [0.15, 0.2) is 12.1 Å². The van der Waals surface area contributed by atoms with Crippen LogP contribution < -0.4 is 11.5 Å². The Bertz CT molecular complexity index is 431. The smallest absolute Gasteiger partial charge is 0.138 e. The highest BCUT2D eigenvalue weighted by Crippen LogP contribution is 2.23. The van der Waals surface area contributed by atoms with E-state index in [1.165, 1.54) is 0 Å². The van der Waals surface area contributed by atoms with Crippen molar-refractivity contribution in [3.05, 3.63) is 12.1 Å². The lowest BCUT2D eigenvalue weighted by Crippen LogP contribution is -1.95. The maximum Gasteiger partial charge on any atom is 0.138 e. The molecule has 0 atom stereocenters. The molecule has 0 aliphatic rings. The summed E-state index contributed by atoms with van der Waals surface area (Å²) in [7, 11) is 1.81. The third kappa shape index (κ3) is 0.730. The Kier molecular flexibility index (Phi) is 1.21. The second-order valence-corrected chi connectivity index (χ2v) is 2.65. The van der Waals surface area contributed by atoms with Crippen LogP contribution in [0.25, 0.3) is 11.0 Å². The predicted molar refractivity (Wildman–Crippen MR) is 47.3 cm³/mol. The highest BCUT2D eigenvalue weighted by atomic mass is 15.4. The molecule has 0 fully saturated rings. The quantitative estimate of drug-likeness (QED) is 0.541. The summed E-state index contributed by atoms with van der Waals surface area (Å²) in [6.07, 6.45) is 0. The predicted octanol–water partition coefficient (Wildman–Crippen LogP) is 0.133. The molecule has 1 heterocycles. The van der Waals surface area contributed by atoms with Gasteiger partial charge >= 0.3 is 0 Å². The number of benzene rings is 1. The molecule has 2 rings (SSSR count). The van der Waals surface area contributed by atoms with Crippen molar-refractivity contribution in [3.8, 4) is 0 Å². The number of anilines is 2. The average Bonchev–Trinajstić information content (AvgIpc) is 2.41. The monoisotopic (exact) mass is 163 g/mol. The number of nitrogen functional groups attached to an aromatic ring is 2. The van der Waals surface area contributed by atoms with Gasteiger partial charge < -0.3 is 11.5 Å². The van der Waals surface area contributed by atoms with Gasteiger partial charge in [-0.25, -0.2) is 4.68 Å². The van der Waals surface area contributed by atoms with E-state index in [0.29, 0.717) is 16.9 Å². The van der Waals surface area contributed by atoms with Gasteiger partial charge in [0.15, 0.2) is 0 Å². The molecule has 0 amide bonds. The van der Waals surface area contributed by atoms with Gasteiger partial charge in [-0.15, -0.1) is 5.10 Å². The minimum absolute atomic E-state index is 0.501. The van der Waals surface area contributed by atoms with E-state index in [9.17, 15) is 0 Å². The Balaban J connectivity index is 2.93. The van der Waals surface area contributed by atoms with Crippen LogP contribution in [-0.4, -0.2) is 15.0 Å². The SMILES string of the molecule is Cn1nnc2c(N)c(N)ccc21. The van der Waals surface area contributed by atoms with E-state index in [-0.39, 0.29) is 0 Å². The van der Waals surface area contributed by atoms with Crippen molar-refractivity contribution in [2.75, 3.05) is 11.5 Å². The number of hydrogen-bond acceptors (Lipinski definition) is 4. The molecule has 5 heteroatoms. The number of nitrogens with two attached hydrogens (primary N) is 2. The Morgan fingerprint density at radius 2 is 2.08 bits per heavy atom. The summed E-state index contributed by atoms with van der Waals surface area (Å²) in [6, 6.07) is 3.60. The van der Waals surface area contributed by atoms with Gasteiger partial charge in [-0.2, -0.15) is 0 Å². The normalized spacial score (nSPS) is 10.8. The topological polar surface area (TPSA) is 82.8 Å². The van der Waals surface area contributed by atoms with Crippen molar-refractivity contribution in [2.45, 2.75) is 0 Å². The first-order chi connectivity index (χ1) is 5.70. The number of fused-ring (bicyclic) bond motifs is 1. The lowest BCUT2D eigenvalue weighted by atomic mass is 10.2. The van der Waals surface area contributed by atoms with Crippen LogP contribution in [0.2, 0.25) is 0 Å². The van der Waals surface area contributed by atoms with Crippen LogP contribution in [0.4, 0.5) is 11.4 Å². The standard InChI is InChI=1S/C7H9N5/c1-12-5-3-2-4(8)6(9)7(5)10-11-12/h2-3H,8-9H2,1H3. The van der Waals surface area contributed by atoms with E-state index in [2.05, 4.69) is 10.3 Å². The molecule has 0 bridgehead atoms. The third-order valence-electron chi connectivity index (χ3n) is 1.86. The Morgan fingerprint density at radius 1 is 1.33 bits per heavy atom. The minimum atomic E-state index is 0.501. The zero-order chi connectivity index (χ0) is 8.72. The molecule has 62 valence electrons. The lowest BCUT2D eigenvalue weighted by molar-refractivity contribution is 0.736. The molecule has 12 heavy (non-hydrogen) atoms. The van der Waals surface area contributed by atoms with E-state index in [1.54, 1.807) is 10.7 Å². The molecular weight excluding hydrogens is 154 g/mol. The highest BCUT2D eigenvalue weighted by Gasteiger charge is 2.06. The van der Waals surface area contributed by atoms with E-state index in [4.69, 9.17) is 11.5 Å². The fourth-order valence-corrected chi connectivity index (χ4v) is 1.14. The summed E-state index contributed by atoms with van der Waals surface area (Å²) in [4.78, 5) is 0. The van der Waals surface area contributed by atoms with Gasteiger partial charge in [-0.1, -0.05) is 5.21 Å². The van der Waals surface area contributed by atoms with Gasteiger partial charge in [-0.3, -0.25) is 0 Å². The molecule has 0 saturated carbocycles. The number of hydrogen-bond donors (Lipinski definition) is 2. The van der Waals surface area contributed by atoms with Crippen LogP contribution in [-0.2, 0) is 7.05 Å². The fraction of sp³-hybridized carbons (Fsp3) is 0.143. The van der Waals surface area contributed by atoms with E-state index in [0.717, 1.165) is 5.52 Å². The van der Waals surface area contributed by atoms with Crippen molar-refractivity contribution in [2.24, 2.45) is 7.05 Å². The Morgan fingerprint density at radius 3 is 2.83 bits per heavy atom. The van der Waals surface area contributed by atoms with Crippen LogP contribution in [0.3, 0.4) is 0 Å². The zero-order valence-corrected chi connectivity index (χ0v) is 6.65.